The van der Waals surface area contributed by atoms with Crippen LogP contribution in [0.4, 0.5) is 0 Å². The maximum absolute atomic E-state index is 11.9. The highest BCUT2D eigenvalue weighted by Gasteiger charge is 2.18. The van der Waals surface area contributed by atoms with Gasteiger partial charge in [0, 0.05) is 11.8 Å². The van der Waals surface area contributed by atoms with E-state index in [1.54, 1.807) is 30.3 Å². The van der Waals surface area contributed by atoms with Gasteiger partial charge in [-0.25, -0.2) is 4.98 Å². The highest BCUT2D eigenvalue weighted by Crippen LogP contribution is 2.18. The van der Waals surface area contributed by atoms with Crippen LogP contribution < -0.4 is 0 Å². The van der Waals surface area contributed by atoms with Gasteiger partial charge in [0.2, 0.25) is 0 Å². The number of hydrogen-bond donors (Lipinski definition) is 1. The number of carbonyl (C=O) groups is 1. The molecule has 1 atom stereocenters. The van der Waals surface area contributed by atoms with Crippen LogP contribution in [0.15, 0.2) is 48.7 Å². The topological polar surface area (TPSA) is 50.2 Å². The molecule has 86 valence electrons. The maximum Gasteiger partial charge on any atom is 0.197 e. The Morgan fingerprint density at radius 2 is 1.88 bits per heavy atom. The minimum Gasteiger partial charge on any atom is -0.380 e. The summed E-state index contributed by atoms with van der Waals surface area (Å²) >= 11 is 5.63. The summed E-state index contributed by atoms with van der Waals surface area (Å²) in [5.41, 5.74) is 0.901. The molecule has 0 radical (unpaired) electrons. The van der Waals surface area contributed by atoms with E-state index in [1.807, 2.05) is 6.07 Å². The number of rotatable bonds is 3. The van der Waals surface area contributed by atoms with Crippen molar-refractivity contribution in [2.75, 3.05) is 0 Å². The lowest BCUT2D eigenvalue weighted by Gasteiger charge is -2.09. The van der Waals surface area contributed by atoms with Crippen molar-refractivity contribution in [3.8, 4) is 0 Å². The Balaban J connectivity index is 2.23. The van der Waals surface area contributed by atoms with Crippen LogP contribution in [0.3, 0.4) is 0 Å². The van der Waals surface area contributed by atoms with Crippen LogP contribution in [0.25, 0.3) is 0 Å². The summed E-state index contributed by atoms with van der Waals surface area (Å²) in [5, 5.41) is 10.2. The summed E-state index contributed by atoms with van der Waals surface area (Å²) in [4.78, 5) is 15.7. The number of aliphatic hydroxyl groups excluding tert-OH is 1. The summed E-state index contributed by atoms with van der Waals surface area (Å²) in [5.74, 6) is -0.389. The van der Waals surface area contributed by atoms with Gasteiger partial charge < -0.3 is 5.11 Å². The molecule has 0 aliphatic heterocycles. The van der Waals surface area contributed by atoms with Gasteiger partial charge >= 0.3 is 0 Å². The van der Waals surface area contributed by atoms with Crippen molar-refractivity contribution in [1.82, 2.24) is 4.98 Å². The zero-order valence-corrected chi connectivity index (χ0v) is 9.63. The number of nitrogens with zero attached hydrogens (tertiary/aromatic N) is 1. The summed E-state index contributed by atoms with van der Waals surface area (Å²) in [7, 11) is 0. The Hall–Kier alpha value is -1.71. The highest BCUT2D eigenvalue weighted by molar-refractivity contribution is 6.29. The number of carbonyl (C=O) groups excluding carboxylic acids is 1. The molecule has 0 spiro atoms. The molecule has 0 fully saturated rings. The first-order chi connectivity index (χ1) is 8.18. The molecule has 0 aliphatic carbocycles. The van der Waals surface area contributed by atoms with E-state index in [-0.39, 0.29) is 5.78 Å². The molecule has 17 heavy (non-hydrogen) atoms. The predicted molar refractivity (Wildman–Crippen MR) is 65.0 cm³/mol. The number of aromatic nitrogens is 1. The first-order valence-corrected chi connectivity index (χ1v) is 5.45. The normalized spacial score (nSPS) is 12.1. The number of benzene rings is 1. The lowest BCUT2D eigenvalue weighted by Crippen LogP contribution is -2.12. The van der Waals surface area contributed by atoms with Crippen molar-refractivity contribution in [2.45, 2.75) is 6.10 Å². The number of hydrogen-bond acceptors (Lipinski definition) is 3. The second-order valence-corrected chi connectivity index (χ2v) is 3.93. The zero-order valence-electron chi connectivity index (χ0n) is 8.88. The van der Waals surface area contributed by atoms with Crippen molar-refractivity contribution in [1.29, 1.82) is 0 Å². The van der Waals surface area contributed by atoms with Gasteiger partial charge in [0.05, 0.1) is 0 Å². The van der Waals surface area contributed by atoms with E-state index < -0.39 is 6.10 Å². The minimum absolute atomic E-state index is 0.316. The van der Waals surface area contributed by atoms with Gasteiger partial charge in [-0.15, -0.1) is 0 Å². The Bertz CT molecular complexity index is 511. The quantitative estimate of drug-likeness (QED) is 0.670. The molecule has 4 heteroatoms. The summed E-state index contributed by atoms with van der Waals surface area (Å²) in [6.45, 7) is 0. The molecule has 1 unspecified atom stereocenters. The van der Waals surface area contributed by atoms with Crippen molar-refractivity contribution in [3.63, 3.8) is 0 Å². The van der Waals surface area contributed by atoms with Crippen LogP contribution in [0.2, 0.25) is 5.15 Å². The second kappa shape index (κ2) is 5.08. The van der Waals surface area contributed by atoms with E-state index in [1.165, 1.54) is 12.3 Å². The van der Waals surface area contributed by atoms with Crippen molar-refractivity contribution < 1.29 is 9.90 Å². The molecule has 2 aromatic rings. The van der Waals surface area contributed by atoms with E-state index in [9.17, 15) is 9.90 Å². The van der Waals surface area contributed by atoms with Crippen molar-refractivity contribution >= 4 is 17.4 Å². The lowest BCUT2D eigenvalue weighted by atomic mass is 10.0. The average Bonchev–Trinajstić information content (AvgIpc) is 2.39. The Morgan fingerprint density at radius 3 is 2.47 bits per heavy atom. The summed E-state index contributed by atoms with van der Waals surface area (Å²) in [6, 6.07) is 11.8. The van der Waals surface area contributed by atoms with Crippen molar-refractivity contribution in [2.24, 2.45) is 0 Å². The number of ketones is 1. The smallest absolute Gasteiger partial charge is 0.197 e. The molecular weight excluding hydrogens is 238 g/mol. The Labute approximate surface area is 104 Å². The van der Waals surface area contributed by atoms with Crippen LogP contribution in [0.5, 0.6) is 0 Å². The van der Waals surface area contributed by atoms with E-state index >= 15 is 0 Å². The number of halogens is 1. The molecule has 1 aromatic carbocycles. The van der Waals surface area contributed by atoms with Crippen LogP contribution in [0.1, 0.15) is 22.0 Å². The lowest BCUT2D eigenvalue weighted by molar-refractivity contribution is 0.0747. The predicted octanol–water partition coefficient (Wildman–Crippen LogP) is 2.65. The summed E-state index contributed by atoms with van der Waals surface area (Å²) < 4.78 is 0. The Kier molecular flexibility index (Phi) is 3.52. The van der Waals surface area contributed by atoms with E-state index in [0.717, 1.165) is 0 Å². The van der Waals surface area contributed by atoms with E-state index in [2.05, 4.69) is 4.98 Å². The largest absolute Gasteiger partial charge is 0.380 e. The molecule has 0 amide bonds. The molecule has 0 bridgehead atoms. The molecule has 0 aliphatic rings. The van der Waals surface area contributed by atoms with Gasteiger partial charge in [-0.3, -0.25) is 4.79 Å². The van der Waals surface area contributed by atoms with Gasteiger partial charge in [-0.1, -0.05) is 41.9 Å². The second-order valence-electron chi connectivity index (χ2n) is 3.55. The van der Waals surface area contributed by atoms with Gasteiger partial charge in [0.15, 0.2) is 5.78 Å². The molecule has 1 N–H and O–H groups in total. The first-order valence-electron chi connectivity index (χ1n) is 5.07. The minimum atomic E-state index is -1.17. The standard InChI is InChI=1S/C13H10ClNO2/c14-11-7-6-10(8-15-11)13(17)12(16)9-4-2-1-3-5-9/h1-8,12,16H. The van der Waals surface area contributed by atoms with Crippen LogP contribution in [-0.2, 0) is 0 Å². The fraction of sp³-hybridized carbons (Fsp3) is 0.0769. The van der Waals surface area contributed by atoms with E-state index in [0.29, 0.717) is 16.3 Å². The van der Waals surface area contributed by atoms with Crippen LogP contribution >= 0.6 is 11.6 Å². The van der Waals surface area contributed by atoms with Crippen LogP contribution in [0, 0.1) is 0 Å². The zero-order chi connectivity index (χ0) is 12.3. The average molecular weight is 248 g/mol. The van der Waals surface area contributed by atoms with Gasteiger partial charge in [-0.05, 0) is 17.7 Å². The molecule has 1 heterocycles. The number of aliphatic hydroxyl groups is 1. The Morgan fingerprint density at radius 1 is 1.18 bits per heavy atom. The third-order valence-corrected chi connectivity index (χ3v) is 2.60. The molecule has 0 saturated carbocycles. The van der Waals surface area contributed by atoms with Gasteiger partial charge in [0.25, 0.3) is 0 Å². The highest BCUT2D eigenvalue weighted by atomic mass is 35.5. The van der Waals surface area contributed by atoms with E-state index in [4.69, 9.17) is 11.6 Å². The molecule has 1 aromatic heterocycles. The maximum atomic E-state index is 11.9. The van der Waals surface area contributed by atoms with Crippen LogP contribution in [-0.4, -0.2) is 15.9 Å². The number of Topliss-reactive ketones (excluding diaryl/α,β-unsaturated/α-hetero) is 1. The van der Waals surface area contributed by atoms with Gasteiger partial charge in [0.1, 0.15) is 11.3 Å². The first kappa shape index (κ1) is 11.8. The molecular formula is C13H10ClNO2. The fourth-order valence-electron chi connectivity index (χ4n) is 1.47. The number of pyridine rings is 1. The SMILES string of the molecule is O=C(c1ccc(Cl)nc1)C(O)c1ccccc1. The van der Waals surface area contributed by atoms with Gasteiger partial charge in [-0.2, -0.15) is 0 Å². The third-order valence-electron chi connectivity index (χ3n) is 2.38. The summed E-state index contributed by atoms with van der Waals surface area (Å²) in [6.07, 6.45) is 0.191. The fourth-order valence-corrected chi connectivity index (χ4v) is 1.58. The third kappa shape index (κ3) is 2.70. The molecule has 0 saturated heterocycles. The molecule has 3 nitrogen and oxygen atoms in total. The monoisotopic (exact) mass is 247 g/mol. The molecule has 2 rings (SSSR count). The van der Waals surface area contributed by atoms with Crippen molar-refractivity contribution in [3.05, 3.63) is 64.9 Å².